The summed E-state index contributed by atoms with van der Waals surface area (Å²) in [6.07, 6.45) is 3.71. The number of benzene rings is 2. The van der Waals surface area contributed by atoms with Crippen molar-refractivity contribution in [2.45, 2.75) is 12.8 Å². The number of carbonyl (C=O) groups excluding carboxylic acids is 1. The number of aromatic nitrogens is 3. The van der Waals surface area contributed by atoms with Gasteiger partial charge in [-0.25, -0.2) is 18.7 Å². The summed E-state index contributed by atoms with van der Waals surface area (Å²) in [5.74, 6) is -0.584. The molecule has 0 saturated heterocycles. The van der Waals surface area contributed by atoms with E-state index in [4.69, 9.17) is 5.73 Å². The molecule has 6 nitrogen and oxygen atoms in total. The van der Waals surface area contributed by atoms with E-state index < -0.39 is 0 Å². The van der Waals surface area contributed by atoms with E-state index >= 15 is 4.39 Å². The highest BCUT2D eigenvalue weighted by molar-refractivity contribution is 6.02. The summed E-state index contributed by atoms with van der Waals surface area (Å²) in [6.45, 7) is 0.399. The summed E-state index contributed by atoms with van der Waals surface area (Å²) in [5.41, 5.74) is 9.47. The second-order valence-electron chi connectivity index (χ2n) is 7.63. The van der Waals surface area contributed by atoms with Crippen molar-refractivity contribution in [3.05, 3.63) is 71.7 Å². The van der Waals surface area contributed by atoms with Gasteiger partial charge in [-0.1, -0.05) is 12.1 Å². The second-order valence-corrected chi connectivity index (χ2v) is 7.63. The molecule has 1 aliphatic rings. The lowest BCUT2D eigenvalue weighted by Crippen LogP contribution is -2.30. The molecule has 0 unspecified atom stereocenters. The summed E-state index contributed by atoms with van der Waals surface area (Å²) >= 11 is 0. The van der Waals surface area contributed by atoms with E-state index in [9.17, 15) is 9.18 Å². The van der Waals surface area contributed by atoms with Crippen LogP contribution >= 0.6 is 0 Å². The van der Waals surface area contributed by atoms with Crippen LogP contribution in [0.1, 0.15) is 11.1 Å². The minimum Gasteiger partial charge on any atom is -0.383 e. The molecule has 4 aromatic rings. The number of halogens is 2. The molecule has 1 aliphatic heterocycles. The summed E-state index contributed by atoms with van der Waals surface area (Å²) in [5, 5.41) is 0.603. The monoisotopic (exact) mass is 419 g/mol. The molecular weight excluding hydrogens is 400 g/mol. The van der Waals surface area contributed by atoms with Gasteiger partial charge in [-0.2, -0.15) is 0 Å². The largest absolute Gasteiger partial charge is 0.383 e. The van der Waals surface area contributed by atoms with E-state index in [1.807, 2.05) is 7.05 Å². The Kier molecular flexibility index (Phi) is 4.43. The number of nitrogens with zero attached hydrogens (tertiary/aromatic N) is 4. The molecule has 0 aliphatic carbocycles. The van der Waals surface area contributed by atoms with Gasteiger partial charge < -0.3 is 15.2 Å². The SMILES string of the molecule is Cn1cc(-c2ccc3c(c2F)CCN3C(=O)Cc2ccc(F)cc2)c2c(N)ncnc21. The van der Waals surface area contributed by atoms with Crippen molar-refractivity contribution in [3.8, 4) is 11.1 Å². The smallest absolute Gasteiger partial charge is 0.231 e. The third-order valence-corrected chi connectivity index (χ3v) is 5.74. The number of nitrogens with two attached hydrogens (primary N) is 1. The summed E-state index contributed by atoms with van der Waals surface area (Å²) in [6, 6.07) is 9.25. The van der Waals surface area contributed by atoms with Gasteiger partial charge in [-0.05, 0) is 36.2 Å². The Labute approximate surface area is 176 Å². The first-order valence-electron chi connectivity index (χ1n) is 9.86. The van der Waals surface area contributed by atoms with Gasteiger partial charge in [0, 0.05) is 42.2 Å². The average Bonchev–Trinajstić information content (AvgIpc) is 3.33. The zero-order chi connectivity index (χ0) is 21.7. The van der Waals surface area contributed by atoms with Crippen LogP contribution < -0.4 is 10.6 Å². The number of carbonyl (C=O) groups is 1. The van der Waals surface area contributed by atoms with Crippen LogP contribution in [0.2, 0.25) is 0 Å². The maximum atomic E-state index is 15.6. The predicted octanol–water partition coefficient (Wildman–Crippen LogP) is 3.63. The minimum absolute atomic E-state index is 0.125. The summed E-state index contributed by atoms with van der Waals surface area (Å²) in [7, 11) is 1.82. The first kappa shape index (κ1) is 19.2. The van der Waals surface area contributed by atoms with Gasteiger partial charge in [0.05, 0.1) is 11.8 Å². The number of rotatable bonds is 3. The Balaban J connectivity index is 1.51. The molecule has 2 aromatic heterocycles. The van der Waals surface area contributed by atoms with Crippen LogP contribution in [0.5, 0.6) is 0 Å². The Morgan fingerprint density at radius 2 is 1.87 bits per heavy atom. The maximum Gasteiger partial charge on any atom is 0.231 e. The fraction of sp³-hybridized carbons (Fsp3) is 0.174. The summed E-state index contributed by atoms with van der Waals surface area (Å²) in [4.78, 5) is 22.7. The topological polar surface area (TPSA) is 77.0 Å². The maximum absolute atomic E-state index is 15.6. The molecule has 8 heteroatoms. The third kappa shape index (κ3) is 3.11. The van der Waals surface area contributed by atoms with Gasteiger partial charge >= 0.3 is 0 Å². The van der Waals surface area contributed by atoms with E-state index in [0.29, 0.717) is 51.9 Å². The average molecular weight is 419 g/mol. The lowest BCUT2D eigenvalue weighted by Gasteiger charge is -2.18. The number of hydrogen-bond acceptors (Lipinski definition) is 4. The minimum atomic E-state index is -0.370. The van der Waals surface area contributed by atoms with E-state index in [1.165, 1.54) is 18.5 Å². The van der Waals surface area contributed by atoms with Crippen LogP contribution in [0.3, 0.4) is 0 Å². The third-order valence-electron chi connectivity index (χ3n) is 5.74. The number of aryl methyl sites for hydroxylation is 1. The van der Waals surface area contributed by atoms with E-state index in [0.717, 1.165) is 0 Å². The molecule has 0 radical (unpaired) electrons. The lowest BCUT2D eigenvalue weighted by atomic mass is 10.0. The molecule has 0 bridgehead atoms. The van der Waals surface area contributed by atoms with Gasteiger partial charge in [0.2, 0.25) is 5.91 Å². The van der Waals surface area contributed by atoms with Gasteiger partial charge in [-0.3, -0.25) is 4.79 Å². The Bertz CT molecular complexity index is 1330. The number of anilines is 2. The van der Waals surface area contributed by atoms with Crippen molar-refractivity contribution < 1.29 is 13.6 Å². The van der Waals surface area contributed by atoms with Crippen LogP contribution in [0, 0.1) is 11.6 Å². The number of hydrogen-bond donors (Lipinski definition) is 1. The quantitative estimate of drug-likeness (QED) is 0.550. The molecule has 0 saturated carbocycles. The second kappa shape index (κ2) is 7.16. The van der Waals surface area contributed by atoms with Crippen molar-refractivity contribution in [2.75, 3.05) is 17.2 Å². The molecule has 0 atom stereocenters. The Morgan fingerprint density at radius 3 is 2.65 bits per heavy atom. The molecular formula is C23H19F2N5O. The molecule has 1 amide bonds. The molecule has 0 spiro atoms. The van der Waals surface area contributed by atoms with Gasteiger partial charge in [0.25, 0.3) is 0 Å². The first-order chi connectivity index (χ1) is 14.9. The fourth-order valence-corrected chi connectivity index (χ4v) is 4.22. The summed E-state index contributed by atoms with van der Waals surface area (Å²) < 4.78 is 30.5. The fourth-order valence-electron chi connectivity index (χ4n) is 4.22. The van der Waals surface area contributed by atoms with Crippen molar-refractivity contribution in [1.29, 1.82) is 0 Å². The first-order valence-corrected chi connectivity index (χ1v) is 9.86. The van der Waals surface area contributed by atoms with Gasteiger partial charge in [0.15, 0.2) is 0 Å². The molecule has 2 aromatic carbocycles. The predicted molar refractivity (Wildman–Crippen MR) is 114 cm³/mol. The normalized spacial score (nSPS) is 13.1. The van der Waals surface area contributed by atoms with E-state index in [2.05, 4.69) is 9.97 Å². The van der Waals surface area contributed by atoms with Crippen LogP contribution in [-0.4, -0.2) is 27.0 Å². The Hall–Kier alpha value is -3.81. The standard InChI is InChI=1S/C23H19F2N5O/c1-29-11-17(20-22(26)27-12-28-23(20)29)15-6-7-18-16(21(15)25)8-9-30(18)19(31)10-13-2-4-14(24)5-3-13/h2-7,11-12H,8-10H2,1H3,(H2,26,27,28). The van der Waals surface area contributed by atoms with Gasteiger partial charge in [0.1, 0.15) is 29.4 Å². The van der Waals surface area contributed by atoms with Crippen molar-refractivity contribution in [2.24, 2.45) is 7.05 Å². The molecule has 31 heavy (non-hydrogen) atoms. The molecule has 156 valence electrons. The van der Waals surface area contributed by atoms with Crippen molar-refractivity contribution in [1.82, 2.24) is 14.5 Å². The van der Waals surface area contributed by atoms with Crippen LogP contribution in [0.25, 0.3) is 22.2 Å². The zero-order valence-corrected chi connectivity index (χ0v) is 16.8. The molecule has 2 N–H and O–H groups in total. The van der Waals surface area contributed by atoms with Crippen LogP contribution in [0.4, 0.5) is 20.3 Å². The molecule has 3 heterocycles. The van der Waals surface area contributed by atoms with Gasteiger partial charge in [-0.15, -0.1) is 0 Å². The highest BCUT2D eigenvalue weighted by atomic mass is 19.1. The van der Waals surface area contributed by atoms with Crippen LogP contribution in [0.15, 0.2) is 48.9 Å². The number of nitrogen functional groups attached to an aromatic ring is 1. The van der Waals surface area contributed by atoms with Crippen LogP contribution in [-0.2, 0) is 24.7 Å². The lowest BCUT2D eigenvalue weighted by molar-refractivity contribution is -0.117. The zero-order valence-electron chi connectivity index (χ0n) is 16.8. The highest BCUT2D eigenvalue weighted by Crippen LogP contribution is 2.39. The van der Waals surface area contributed by atoms with E-state index in [1.54, 1.807) is 39.9 Å². The van der Waals surface area contributed by atoms with Crippen molar-refractivity contribution in [3.63, 3.8) is 0 Å². The van der Waals surface area contributed by atoms with Crippen molar-refractivity contribution >= 4 is 28.4 Å². The Morgan fingerprint density at radius 1 is 1.10 bits per heavy atom. The number of fused-ring (bicyclic) bond motifs is 2. The molecule has 5 rings (SSSR count). The van der Waals surface area contributed by atoms with E-state index in [-0.39, 0.29) is 29.8 Å². The highest BCUT2D eigenvalue weighted by Gasteiger charge is 2.29. The molecule has 0 fully saturated rings. The number of amides is 1.